The van der Waals surface area contributed by atoms with E-state index in [1.165, 1.54) is 0 Å². The van der Waals surface area contributed by atoms with Crippen molar-refractivity contribution in [3.05, 3.63) is 12.7 Å². The molecule has 0 aliphatic carbocycles. The van der Waals surface area contributed by atoms with Crippen molar-refractivity contribution in [2.24, 2.45) is 0 Å². The lowest BCUT2D eigenvalue weighted by molar-refractivity contribution is -0.143. The van der Waals surface area contributed by atoms with Crippen LogP contribution >= 0.6 is 15.6 Å². The van der Waals surface area contributed by atoms with Crippen LogP contribution in [0.5, 0.6) is 0 Å². The van der Waals surface area contributed by atoms with Crippen LogP contribution in [0.3, 0.4) is 0 Å². The molecule has 0 rings (SSSR count). The molecule has 0 heterocycles. The summed E-state index contributed by atoms with van der Waals surface area (Å²) in [7, 11) is -9.28. The summed E-state index contributed by atoms with van der Waals surface area (Å²) < 4.78 is 17.8. The molecule has 0 radical (unpaired) electrons. The zero-order valence-corrected chi connectivity index (χ0v) is 15.1. The van der Waals surface area contributed by atoms with Gasteiger partial charge in [0.2, 0.25) is 0 Å². The van der Waals surface area contributed by atoms with Crippen molar-refractivity contribution in [2.75, 3.05) is 0 Å². The third-order valence-corrected chi connectivity index (χ3v) is 0.553. The highest BCUT2D eigenvalue weighted by Crippen LogP contribution is 2.26. The van der Waals surface area contributed by atoms with Gasteiger partial charge in [-0.25, -0.2) is 9.13 Å². The Hall–Kier alpha value is -1.14. The second-order valence-electron chi connectivity index (χ2n) is 2.72. The van der Waals surface area contributed by atoms with Crippen LogP contribution in [0.2, 0.25) is 0 Å². The molecular formula is C9H26O13P2. The number of rotatable bonds is 3. The Labute approximate surface area is 138 Å². The van der Waals surface area contributed by atoms with E-state index in [4.69, 9.17) is 48.7 Å². The number of carboxylic acids is 2. The number of hydrogen-bond acceptors (Lipinski definition) is 4. The third kappa shape index (κ3) is 552. The van der Waals surface area contributed by atoms with Gasteiger partial charge in [0.15, 0.2) is 0 Å². The molecule has 13 nitrogen and oxygen atoms in total. The molecular weight excluding hydrogens is 378 g/mol. The lowest BCUT2D eigenvalue weighted by Gasteiger charge is -1.85. The first-order valence-electron chi connectivity index (χ1n) is 5.61. The highest BCUT2D eigenvalue weighted by Gasteiger charge is 2.01. The van der Waals surface area contributed by atoms with Crippen LogP contribution in [0.25, 0.3) is 0 Å². The van der Waals surface area contributed by atoms with E-state index < -0.39 is 27.6 Å². The molecule has 0 aromatic rings. The van der Waals surface area contributed by atoms with Crippen LogP contribution in [0.15, 0.2) is 12.7 Å². The van der Waals surface area contributed by atoms with Gasteiger partial charge in [0.1, 0.15) is 0 Å². The van der Waals surface area contributed by atoms with Gasteiger partial charge >= 0.3 is 27.6 Å². The molecule has 150 valence electrons. The number of phosphoric acid groups is 2. The summed E-state index contributed by atoms with van der Waals surface area (Å²) >= 11 is 0. The van der Waals surface area contributed by atoms with Crippen molar-refractivity contribution in [3.8, 4) is 0 Å². The number of hydrogen-bond donors (Lipinski definition) is 8. The molecule has 0 saturated carbocycles. The van der Waals surface area contributed by atoms with Crippen molar-refractivity contribution in [3.63, 3.8) is 0 Å². The van der Waals surface area contributed by atoms with Crippen molar-refractivity contribution in [1.82, 2.24) is 0 Å². The lowest BCUT2D eigenvalue weighted by Crippen LogP contribution is -2.00. The maximum absolute atomic E-state index is 9.64. The Morgan fingerprint density at radius 1 is 0.833 bits per heavy atom. The van der Waals surface area contributed by atoms with Gasteiger partial charge < -0.3 is 45.0 Å². The highest BCUT2D eigenvalue weighted by molar-refractivity contribution is 7.45. The zero-order chi connectivity index (χ0) is 20.3. The van der Waals surface area contributed by atoms with Crippen LogP contribution in [0, 0.1) is 0 Å². The maximum atomic E-state index is 9.64. The quantitative estimate of drug-likeness (QED) is 0.218. The molecule has 0 bridgehead atoms. The van der Waals surface area contributed by atoms with Crippen LogP contribution < -0.4 is 0 Å². The molecule has 0 unspecified atom stereocenters. The average molecular weight is 404 g/mol. The van der Waals surface area contributed by atoms with Gasteiger partial charge in [-0.1, -0.05) is 19.9 Å². The van der Waals surface area contributed by atoms with Crippen molar-refractivity contribution in [1.29, 1.82) is 0 Å². The van der Waals surface area contributed by atoms with Gasteiger partial charge in [-0.3, -0.25) is 9.59 Å². The van der Waals surface area contributed by atoms with E-state index in [1.807, 2.05) is 20.8 Å². The molecule has 0 atom stereocenters. The van der Waals surface area contributed by atoms with Gasteiger partial charge in [-0.2, -0.15) is 0 Å². The predicted octanol–water partition coefficient (Wildman–Crippen LogP) is -0.528. The molecule has 0 amide bonds. The van der Waals surface area contributed by atoms with Crippen molar-refractivity contribution < 1.29 is 63.8 Å². The van der Waals surface area contributed by atoms with Crippen LogP contribution in [-0.2, 0) is 18.7 Å². The summed E-state index contributed by atoms with van der Waals surface area (Å²) in [5.41, 5.74) is 0. The Balaban J connectivity index is -0.0000000450. The molecule has 0 aromatic carbocycles. The van der Waals surface area contributed by atoms with E-state index in [2.05, 4.69) is 6.58 Å². The number of carboxylic acid groups (broad SMARTS) is 2. The first kappa shape index (κ1) is 38.4. The normalized spacial score (nSPS) is 8.54. The smallest absolute Gasteiger partial charge is 0.466 e. The Morgan fingerprint density at radius 3 is 0.958 bits per heavy atom. The monoisotopic (exact) mass is 404 g/mol. The largest absolute Gasteiger partial charge is 0.481 e. The minimum Gasteiger partial charge on any atom is -0.481 e. The molecule has 0 aromatic heterocycles. The summed E-state index contributed by atoms with van der Waals surface area (Å²) in [5.74, 6) is -2.15. The second-order valence-corrected chi connectivity index (χ2v) is 4.78. The van der Waals surface area contributed by atoms with Crippen molar-refractivity contribution >= 4 is 27.6 Å². The second kappa shape index (κ2) is 24.1. The molecule has 0 saturated heterocycles. The Kier molecular flexibility index (Phi) is 38.6. The van der Waals surface area contributed by atoms with E-state index in [9.17, 15) is 9.59 Å². The van der Waals surface area contributed by atoms with Gasteiger partial charge in [0, 0.05) is 0 Å². The first-order valence-corrected chi connectivity index (χ1v) is 8.74. The first-order chi connectivity index (χ1) is 10.0. The summed E-state index contributed by atoms with van der Waals surface area (Å²) in [4.78, 5) is 62.4. The summed E-state index contributed by atoms with van der Waals surface area (Å²) in [6.07, 6.45) is 1.16. The number of carbonyl (C=O) groups is 2. The summed E-state index contributed by atoms with van der Waals surface area (Å²) in [6, 6.07) is 0. The fraction of sp³-hybridized carbons (Fsp3) is 0.556. The fourth-order valence-electron chi connectivity index (χ4n) is 0.214. The molecule has 24 heavy (non-hydrogen) atoms. The van der Waals surface area contributed by atoms with E-state index in [0.29, 0.717) is 0 Å². The topological polar surface area (TPSA) is 262 Å². The molecule has 15 heteroatoms. The average Bonchev–Trinajstić information content (AvgIpc) is 2.25. The van der Waals surface area contributed by atoms with Crippen LogP contribution in [0.4, 0.5) is 0 Å². The van der Waals surface area contributed by atoms with E-state index in [0.717, 1.165) is 0 Å². The molecule has 0 aliphatic heterocycles. The highest BCUT2D eigenvalue weighted by atomic mass is 31.2. The van der Waals surface area contributed by atoms with Crippen LogP contribution in [0.1, 0.15) is 33.6 Å². The zero-order valence-electron chi connectivity index (χ0n) is 13.3. The van der Waals surface area contributed by atoms with E-state index >= 15 is 0 Å². The maximum Gasteiger partial charge on any atom is 0.466 e. The minimum atomic E-state index is -4.64. The molecule has 10 N–H and O–H groups in total. The Morgan fingerprint density at radius 2 is 0.917 bits per heavy atom. The van der Waals surface area contributed by atoms with Gasteiger partial charge in [0.25, 0.3) is 0 Å². The predicted molar refractivity (Wildman–Crippen MR) is 83.9 cm³/mol. The number of aliphatic carboxylic acids is 2. The summed E-state index contributed by atoms with van der Waals surface area (Å²) in [5, 5.41) is 15.8. The van der Waals surface area contributed by atoms with Crippen LogP contribution in [-0.4, -0.2) is 57.0 Å². The fourth-order valence-corrected chi connectivity index (χ4v) is 0.214. The standard InChI is InChI=1S/C4H6O4.C3H6.C2H6.2H3O4P.H2O/c5-3(6)1-2-4(7)8;1-3-2;1-2;2*1-5(2,3)4;/h1-2H2,(H,5,6)(H,7,8);3H,1H2,2H3;1-2H3;2*(H3,1,2,3,4);1H2. The number of allylic oxidation sites excluding steroid dienone is 1. The molecule has 0 spiro atoms. The third-order valence-electron chi connectivity index (χ3n) is 0.553. The van der Waals surface area contributed by atoms with Crippen molar-refractivity contribution in [2.45, 2.75) is 33.6 Å². The van der Waals surface area contributed by atoms with E-state index in [-0.39, 0.29) is 18.3 Å². The lowest BCUT2D eigenvalue weighted by atomic mass is 10.3. The van der Waals surface area contributed by atoms with Gasteiger partial charge in [-0.15, -0.1) is 6.58 Å². The van der Waals surface area contributed by atoms with Gasteiger partial charge in [0.05, 0.1) is 12.8 Å². The molecule has 0 fully saturated rings. The van der Waals surface area contributed by atoms with E-state index in [1.54, 1.807) is 6.08 Å². The SMILES string of the molecule is C=CC.CC.O.O=C(O)CCC(=O)O.O=P(O)(O)O.O=P(O)(O)O. The van der Waals surface area contributed by atoms with Gasteiger partial charge in [-0.05, 0) is 6.92 Å². The Bertz CT molecular complexity index is 332. The summed E-state index contributed by atoms with van der Waals surface area (Å²) in [6.45, 7) is 9.25. The minimum absolute atomic E-state index is 0. The molecule has 0 aliphatic rings.